The minimum atomic E-state index is 0.826. The molecular formula is C18H42N4O+2. The van der Waals surface area contributed by atoms with Crippen LogP contribution in [0.25, 0.3) is 0 Å². The van der Waals surface area contributed by atoms with E-state index < -0.39 is 0 Å². The van der Waals surface area contributed by atoms with E-state index in [1.54, 1.807) is 5.01 Å². The van der Waals surface area contributed by atoms with Gasteiger partial charge < -0.3 is 8.97 Å². The van der Waals surface area contributed by atoms with Gasteiger partial charge in [0.25, 0.3) is 0 Å². The standard InChI is InChI=1S/C18H42N4O/c1-21(2,3)17-13-9-7-11-15-20(19-23)16-12-8-10-14-18-22(4,5)6/h7-18H2,1-6H3/q+2. The lowest BCUT2D eigenvalue weighted by atomic mass is 10.1. The van der Waals surface area contributed by atoms with Crippen LogP contribution < -0.4 is 0 Å². The van der Waals surface area contributed by atoms with E-state index in [-0.39, 0.29) is 0 Å². The molecular weight excluding hydrogens is 288 g/mol. The summed E-state index contributed by atoms with van der Waals surface area (Å²) in [5.74, 6) is 0. The molecule has 0 saturated carbocycles. The minimum Gasteiger partial charge on any atom is -0.331 e. The second-order valence-electron chi connectivity index (χ2n) is 8.89. The third kappa shape index (κ3) is 17.5. The fourth-order valence-corrected chi connectivity index (χ4v) is 2.66. The molecule has 5 heteroatoms. The van der Waals surface area contributed by atoms with Gasteiger partial charge in [0.1, 0.15) is 0 Å². The topological polar surface area (TPSA) is 32.7 Å². The highest BCUT2D eigenvalue weighted by Crippen LogP contribution is 2.08. The number of nitroso groups, excluding NO2 is 1. The zero-order valence-corrected chi connectivity index (χ0v) is 16.7. The first-order chi connectivity index (χ1) is 10.6. The lowest BCUT2D eigenvalue weighted by Crippen LogP contribution is -2.35. The molecule has 0 N–H and O–H groups in total. The normalized spacial score (nSPS) is 12.4. The van der Waals surface area contributed by atoms with Gasteiger partial charge in [0, 0.05) is 13.1 Å². The van der Waals surface area contributed by atoms with Crippen LogP contribution in [-0.2, 0) is 0 Å². The van der Waals surface area contributed by atoms with E-state index in [2.05, 4.69) is 47.6 Å². The van der Waals surface area contributed by atoms with E-state index in [0.29, 0.717) is 0 Å². The monoisotopic (exact) mass is 330 g/mol. The molecule has 0 spiro atoms. The van der Waals surface area contributed by atoms with Gasteiger partial charge in [-0.25, -0.2) is 0 Å². The van der Waals surface area contributed by atoms with Gasteiger partial charge in [-0.3, -0.25) is 5.01 Å². The quantitative estimate of drug-likeness (QED) is 0.199. The number of quaternary nitrogens is 2. The molecule has 138 valence electrons. The van der Waals surface area contributed by atoms with Gasteiger partial charge in [-0.05, 0) is 38.5 Å². The molecule has 0 aliphatic carbocycles. The third-order valence-corrected chi connectivity index (χ3v) is 4.11. The van der Waals surface area contributed by atoms with E-state index in [0.717, 1.165) is 34.9 Å². The van der Waals surface area contributed by atoms with Crippen molar-refractivity contribution in [1.29, 1.82) is 0 Å². The number of hydrogen-bond donors (Lipinski definition) is 0. The first-order valence-electron chi connectivity index (χ1n) is 9.33. The predicted molar refractivity (Wildman–Crippen MR) is 100 cm³/mol. The Bertz CT molecular complexity index is 268. The fourth-order valence-electron chi connectivity index (χ4n) is 2.66. The molecule has 0 atom stereocenters. The van der Waals surface area contributed by atoms with Crippen molar-refractivity contribution in [3.63, 3.8) is 0 Å². The Morgan fingerprint density at radius 3 is 1.26 bits per heavy atom. The fraction of sp³-hybridized carbons (Fsp3) is 1.00. The van der Waals surface area contributed by atoms with E-state index in [9.17, 15) is 4.91 Å². The zero-order valence-electron chi connectivity index (χ0n) is 16.7. The van der Waals surface area contributed by atoms with Crippen LogP contribution in [0.3, 0.4) is 0 Å². The lowest BCUT2D eigenvalue weighted by Gasteiger charge is -2.23. The molecule has 0 aromatic heterocycles. The predicted octanol–water partition coefficient (Wildman–Crippen LogP) is 3.50. The van der Waals surface area contributed by atoms with Crippen molar-refractivity contribution >= 4 is 0 Å². The lowest BCUT2D eigenvalue weighted by molar-refractivity contribution is -0.870. The Balaban J connectivity index is 3.51. The first kappa shape index (κ1) is 22.3. The van der Waals surface area contributed by atoms with E-state index in [1.807, 2.05) is 0 Å². The summed E-state index contributed by atoms with van der Waals surface area (Å²) >= 11 is 0. The summed E-state index contributed by atoms with van der Waals surface area (Å²) in [6, 6.07) is 0. The SMILES string of the molecule is C[N+](C)(C)CCCCCCN(CCCCCC[N+](C)(C)C)N=O. The zero-order chi connectivity index (χ0) is 17.8. The van der Waals surface area contributed by atoms with Gasteiger partial charge in [-0.1, -0.05) is 12.8 Å². The molecule has 0 amide bonds. The Morgan fingerprint density at radius 1 is 0.609 bits per heavy atom. The van der Waals surface area contributed by atoms with Crippen LogP contribution in [0.4, 0.5) is 0 Å². The third-order valence-electron chi connectivity index (χ3n) is 4.11. The van der Waals surface area contributed by atoms with Gasteiger partial charge in [0.2, 0.25) is 0 Å². The van der Waals surface area contributed by atoms with Crippen LogP contribution in [0, 0.1) is 4.91 Å². The van der Waals surface area contributed by atoms with Gasteiger partial charge in [-0.2, -0.15) is 0 Å². The maximum absolute atomic E-state index is 10.9. The number of hydrogen-bond acceptors (Lipinski definition) is 2. The van der Waals surface area contributed by atoms with Crippen LogP contribution in [-0.4, -0.2) is 82.4 Å². The second-order valence-corrected chi connectivity index (χ2v) is 8.89. The van der Waals surface area contributed by atoms with Crippen molar-refractivity contribution < 1.29 is 8.97 Å². The molecule has 23 heavy (non-hydrogen) atoms. The largest absolute Gasteiger partial charge is 0.331 e. The summed E-state index contributed by atoms with van der Waals surface area (Å²) in [5, 5.41) is 4.90. The molecule has 0 aliphatic rings. The highest BCUT2D eigenvalue weighted by atomic mass is 16.3. The van der Waals surface area contributed by atoms with E-state index in [4.69, 9.17) is 0 Å². The van der Waals surface area contributed by atoms with E-state index >= 15 is 0 Å². The van der Waals surface area contributed by atoms with Gasteiger partial charge in [0.05, 0.1) is 60.7 Å². The molecule has 0 aliphatic heterocycles. The Morgan fingerprint density at radius 2 is 0.957 bits per heavy atom. The molecule has 0 radical (unpaired) electrons. The Hall–Kier alpha value is -0.680. The summed E-state index contributed by atoms with van der Waals surface area (Å²) in [6.45, 7) is 4.10. The van der Waals surface area contributed by atoms with Crippen LogP contribution in [0.2, 0.25) is 0 Å². The maximum Gasteiger partial charge on any atom is 0.0780 e. The second kappa shape index (κ2) is 11.8. The van der Waals surface area contributed by atoms with Gasteiger partial charge >= 0.3 is 0 Å². The van der Waals surface area contributed by atoms with Crippen LogP contribution >= 0.6 is 0 Å². The van der Waals surface area contributed by atoms with Crippen molar-refractivity contribution in [2.24, 2.45) is 5.29 Å². The Kier molecular flexibility index (Phi) is 11.4. The van der Waals surface area contributed by atoms with Crippen LogP contribution in [0.1, 0.15) is 51.4 Å². The summed E-state index contributed by atoms with van der Waals surface area (Å²) in [7, 11) is 13.4. The van der Waals surface area contributed by atoms with Gasteiger partial charge in [-0.15, -0.1) is 4.91 Å². The molecule has 0 rings (SSSR count). The van der Waals surface area contributed by atoms with Crippen LogP contribution in [0.15, 0.2) is 5.29 Å². The molecule has 0 bridgehead atoms. The maximum atomic E-state index is 10.9. The number of nitrogens with zero attached hydrogens (tertiary/aromatic N) is 4. The average molecular weight is 331 g/mol. The highest BCUT2D eigenvalue weighted by molar-refractivity contribution is 4.54. The van der Waals surface area contributed by atoms with Crippen molar-refractivity contribution in [3.05, 3.63) is 4.91 Å². The smallest absolute Gasteiger partial charge is 0.0780 e. The minimum absolute atomic E-state index is 0.826. The molecule has 0 saturated heterocycles. The van der Waals surface area contributed by atoms with Gasteiger partial charge in [0.15, 0.2) is 0 Å². The summed E-state index contributed by atoms with van der Waals surface area (Å²) in [6.07, 6.45) is 9.63. The molecule has 5 nitrogen and oxygen atoms in total. The number of unbranched alkanes of at least 4 members (excludes halogenated alkanes) is 6. The van der Waals surface area contributed by atoms with Crippen molar-refractivity contribution in [1.82, 2.24) is 5.01 Å². The molecule has 0 aromatic carbocycles. The molecule has 0 aromatic rings. The average Bonchev–Trinajstić information content (AvgIpc) is 2.41. The number of rotatable bonds is 15. The summed E-state index contributed by atoms with van der Waals surface area (Å²) in [4.78, 5) is 10.9. The van der Waals surface area contributed by atoms with Crippen LogP contribution in [0.5, 0.6) is 0 Å². The van der Waals surface area contributed by atoms with Crippen molar-refractivity contribution in [2.75, 3.05) is 68.5 Å². The Labute approximate surface area is 144 Å². The first-order valence-corrected chi connectivity index (χ1v) is 9.33. The highest BCUT2D eigenvalue weighted by Gasteiger charge is 2.07. The molecule has 0 heterocycles. The van der Waals surface area contributed by atoms with Crippen molar-refractivity contribution in [3.8, 4) is 0 Å². The molecule has 0 unspecified atom stereocenters. The van der Waals surface area contributed by atoms with E-state index in [1.165, 1.54) is 51.6 Å². The molecule has 0 fully saturated rings. The van der Waals surface area contributed by atoms with Crippen molar-refractivity contribution in [2.45, 2.75) is 51.4 Å². The summed E-state index contributed by atoms with van der Waals surface area (Å²) in [5.41, 5.74) is 0. The summed E-state index contributed by atoms with van der Waals surface area (Å²) < 4.78 is 2.08.